The molecule has 0 aliphatic carbocycles. The molecule has 0 bridgehead atoms. The van der Waals surface area contributed by atoms with Gasteiger partial charge in [-0.3, -0.25) is 10.0 Å². The van der Waals surface area contributed by atoms with Crippen molar-refractivity contribution in [2.24, 2.45) is 0 Å². The molecule has 0 aliphatic heterocycles. The summed E-state index contributed by atoms with van der Waals surface area (Å²) in [7, 11) is 0. The number of hydrogen-bond donors (Lipinski definition) is 1. The Labute approximate surface area is 35.9 Å². The predicted molar refractivity (Wildman–Crippen MR) is 19.2 cm³/mol. The second kappa shape index (κ2) is 2.66. The molecule has 0 rings (SSSR count). The van der Waals surface area contributed by atoms with Gasteiger partial charge >= 0.3 is 0 Å². The summed E-state index contributed by atoms with van der Waals surface area (Å²) in [5.41, 5.74) is 2.37. The van der Waals surface area contributed by atoms with Gasteiger partial charge in [0.1, 0.15) is 0 Å². The van der Waals surface area contributed by atoms with Crippen LogP contribution in [0, 0.1) is 0 Å². The number of rotatable bonds is 1. The van der Waals surface area contributed by atoms with Gasteiger partial charge in [0.15, 0.2) is 0 Å². The number of carbonyl (C=O) groups is 1. The molecule has 3 heteroatoms. The first-order valence-electron chi connectivity index (χ1n) is 1.69. The molecule has 6 heavy (non-hydrogen) atoms. The van der Waals surface area contributed by atoms with E-state index in [4.69, 9.17) is 5.21 Å². The average Bonchev–Trinajstić information content (AvgIpc) is 1.65. The zero-order chi connectivity index (χ0) is 4.99. The van der Waals surface area contributed by atoms with Crippen LogP contribution in [-0.2, 0) is 4.79 Å². The molecule has 0 fully saturated rings. The van der Waals surface area contributed by atoms with Crippen LogP contribution in [-0.4, -0.2) is 11.1 Å². The summed E-state index contributed by atoms with van der Waals surface area (Å²) in [5.74, 6) is -0.477. The van der Waals surface area contributed by atoms with E-state index < -0.39 is 5.91 Å². The molecule has 3 nitrogen and oxygen atoms in total. The lowest BCUT2D eigenvalue weighted by Gasteiger charge is -1.80. The Morgan fingerprint density at radius 2 is 2.50 bits per heavy atom. The highest BCUT2D eigenvalue weighted by Crippen LogP contribution is 1.70. The maximum atomic E-state index is 9.76. The van der Waals surface area contributed by atoms with E-state index in [0.717, 1.165) is 0 Å². The van der Waals surface area contributed by atoms with E-state index in [1.807, 2.05) is 0 Å². The van der Waals surface area contributed by atoms with Crippen LogP contribution in [0.2, 0.25) is 0 Å². The van der Waals surface area contributed by atoms with Gasteiger partial charge in [-0.1, -0.05) is 12.4 Å². The van der Waals surface area contributed by atoms with Crippen LogP contribution in [0.25, 0.3) is 0 Å². The minimum atomic E-state index is -0.477. The van der Waals surface area contributed by atoms with Gasteiger partial charge in [0.05, 0.1) is 0 Å². The highest BCUT2D eigenvalue weighted by atomic mass is 16.5. The van der Waals surface area contributed by atoms with Crippen LogP contribution in [0.5, 0.6) is 0 Å². The van der Waals surface area contributed by atoms with Crippen molar-refractivity contribution >= 4 is 5.91 Å². The molecule has 1 radical (unpaired) electrons. The molecule has 0 saturated carbocycles. The fraction of sp³-hybridized carbons (Fsp3) is 0.667. The summed E-state index contributed by atoms with van der Waals surface area (Å²) < 4.78 is 0. The van der Waals surface area contributed by atoms with Crippen LogP contribution < -0.4 is 5.48 Å². The van der Waals surface area contributed by atoms with Gasteiger partial charge in [-0.15, -0.1) is 0 Å². The van der Waals surface area contributed by atoms with E-state index in [0.29, 0.717) is 0 Å². The fourth-order valence-corrected chi connectivity index (χ4v) is 0.0707. The molecule has 0 atom stereocenters. The van der Waals surface area contributed by atoms with Crippen LogP contribution in [0.1, 0.15) is 13.3 Å². The topological polar surface area (TPSA) is 51.4 Å². The largest absolute Gasteiger partial charge is 0.270 e. The fourth-order valence-electron chi connectivity index (χ4n) is 0.0707. The van der Waals surface area contributed by atoms with Crippen LogP contribution >= 0.6 is 0 Å². The maximum Gasteiger partial charge on any atom is 0.269 e. The molecule has 0 aliphatic rings. The minimum absolute atomic E-state index is 0.274. The first-order valence-corrected chi connectivity index (χ1v) is 1.69. The Kier molecular flexibility index (Phi) is 2.40. The number of hydrogen-bond acceptors (Lipinski definition) is 2. The van der Waals surface area contributed by atoms with Crippen molar-refractivity contribution in [1.29, 1.82) is 0 Å². The van der Waals surface area contributed by atoms with Gasteiger partial charge in [-0.25, -0.2) is 0 Å². The third-order valence-electron chi connectivity index (χ3n) is 0.414. The van der Waals surface area contributed by atoms with E-state index in [1.54, 1.807) is 6.92 Å². The molecule has 1 N–H and O–H groups in total. The Balaban J connectivity index is 2.99. The van der Waals surface area contributed by atoms with Crippen molar-refractivity contribution in [2.45, 2.75) is 13.3 Å². The van der Waals surface area contributed by atoms with Crippen LogP contribution in [0.3, 0.4) is 0 Å². The van der Waals surface area contributed by atoms with Crippen molar-refractivity contribution in [3.63, 3.8) is 0 Å². The highest BCUT2D eigenvalue weighted by molar-refractivity contribution is 5.73. The highest BCUT2D eigenvalue weighted by Gasteiger charge is 1.90. The molecular formula is C3H6NO2. The van der Waals surface area contributed by atoms with Crippen molar-refractivity contribution < 1.29 is 10.0 Å². The maximum absolute atomic E-state index is 9.76. The quantitative estimate of drug-likeness (QED) is 0.360. The van der Waals surface area contributed by atoms with E-state index in [1.165, 1.54) is 0 Å². The van der Waals surface area contributed by atoms with Gasteiger partial charge in [-0.05, 0) is 0 Å². The van der Waals surface area contributed by atoms with Crippen LogP contribution in [0.4, 0.5) is 0 Å². The molecule has 0 aromatic rings. The standard InChI is InChI=1S/C3H6NO2/c1-2-3(5)4-6/h6H,2H2,1H3. The Morgan fingerprint density at radius 3 is 2.50 bits per heavy atom. The minimum Gasteiger partial charge on any atom is -0.270 e. The van der Waals surface area contributed by atoms with E-state index >= 15 is 0 Å². The summed E-state index contributed by atoms with van der Waals surface area (Å²) in [5, 5.41) is 7.61. The zero-order valence-corrected chi connectivity index (χ0v) is 3.51. The molecular weight excluding hydrogens is 82.0 g/mol. The van der Waals surface area contributed by atoms with Gasteiger partial charge < -0.3 is 0 Å². The van der Waals surface area contributed by atoms with Crippen molar-refractivity contribution in [3.05, 3.63) is 0 Å². The lowest BCUT2D eigenvalue weighted by Crippen LogP contribution is -2.07. The number of amides is 1. The van der Waals surface area contributed by atoms with E-state index in [2.05, 4.69) is 5.48 Å². The van der Waals surface area contributed by atoms with Gasteiger partial charge in [0.2, 0.25) is 0 Å². The lowest BCUT2D eigenvalue weighted by atomic mass is 10.5. The monoisotopic (exact) mass is 88.0 g/mol. The van der Waals surface area contributed by atoms with Crippen LogP contribution in [0.15, 0.2) is 0 Å². The second-order valence-electron chi connectivity index (χ2n) is 0.847. The van der Waals surface area contributed by atoms with Crippen molar-refractivity contribution in [1.82, 2.24) is 5.48 Å². The average molecular weight is 88.1 g/mol. The Morgan fingerprint density at radius 1 is 2.00 bits per heavy atom. The predicted octanol–water partition coefficient (Wildman–Crippen LogP) is -0.0834. The smallest absolute Gasteiger partial charge is 0.269 e. The normalized spacial score (nSPS) is 7.67. The number of hydroxylamine groups is 1. The summed E-state index contributed by atoms with van der Waals surface area (Å²) in [4.78, 5) is 9.76. The molecule has 0 aromatic heterocycles. The zero-order valence-electron chi connectivity index (χ0n) is 3.51. The van der Waals surface area contributed by atoms with E-state index in [9.17, 15) is 4.79 Å². The SMILES string of the molecule is CCC(=O)[N]O. The van der Waals surface area contributed by atoms with Gasteiger partial charge in [-0.2, -0.15) is 0 Å². The third-order valence-corrected chi connectivity index (χ3v) is 0.414. The molecule has 0 heterocycles. The van der Waals surface area contributed by atoms with Gasteiger partial charge in [0.25, 0.3) is 5.91 Å². The molecule has 0 saturated heterocycles. The van der Waals surface area contributed by atoms with Crippen molar-refractivity contribution in [3.8, 4) is 0 Å². The van der Waals surface area contributed by atoms with Gasteiger partial charge in [0, 0.05) is 6.42 Å². The number of nitrogens with zero attached hydrogens (tertiary/aromatic N) is 1. The first-order chi connectivity index (χ1) is 2.81. The second-order valence-corrected chi connectivity index (χ2v) is 0.847. The summed E-state index contributed by atoms with van der Waals surface area (Å²) in [6.45, 7) is 1.63. The van der Waals surface area contributed by atoms with E-state index in [-0.39, 0.29) is 6.42 Å². The third kappa shape index (κ3) is 1.72. The van der Waals surface area contributed by atoms with Crippen molar-refractivity contribution in [2.75, 3.05) is 0 Å². The molecule has 35 valence electrons. The lowest BCUT2D eigenvalue weighted by molar-refractivity contribution is -0.129. The molecule has 0 spiro atoms. The Hall–Kier alpha value is -0.570. The molecule has 1 amide bonds. The molecule has 0 aromatic carbocycles. The number of carbonyl (C=O) groups excluding carboxylic acids is 1. The molecule has 0 unspecified atom stereocenters. The Bertz CT molecular complexity index is 46.8. The summed E-state index contributed by atoms with van der Waals surface area (Å²) in [6, 6.07) is 0. The summed E-state index contributed by atoms with van der Waals surface area (Å²) in [6.07, 6.45) is 0.274. The first kappa shape index (κ1) is 5.43. The summed E-state index contributed by atoms with van der Waals surface area (Å²) >= 11 is 0.